The van der Waals surface area contributed by atoms with Gasteiger partial charge in [0.25, 0.3) is 0 Å². The molecular weight excluding hydrogens is 204 g/mol. The third-order valence-corrected chi connectivity index (χ3v) is 2.58. The monoisotopic (exact) mass is 222 g/mol. The van der Waals surface area contributed by atoms with E-state index in [1.165, 1.54) is 19.2 Å². The molecule has 0 radical (unpaired) electrons. The van der Waals surface area contributed by atoms with Crippen LogP contribution in [0.25, 0.3) is 0 Å². The number of nitrogens with two attached hydrogens (primary N) is 1. The smallest absolute Gasteiger partial charge is 0.242 e. The molecule has 2 rings (SSSR count). The Bertz CT molecular complexity index is 361. The van der Waals surface area contributed by atoms with Gasteiger partial charge in [0.15, 0.2) is 5.82 Å². The molecule has 0 unspecified atom stereocenters. The lowest BCUT2D eigenvalue weighted by Crippen LogP contribution is -2.21. The van der Waals surface area contributed by atoms with Crippen molar-refractivity contribution in [2.45, 2.75) is 32.8 Å². The summed E-state index contributed by atoms with van der Waals surface area (Å²) in [6.07, 6.45) is 3.98. The minimum Gasteiger partial charge on any atom is -0.473 e. The summed E-state index contributed by atoms with van der Waals surface area (Å²) in [5, 5.41) is 0. The molecule has 0 bridgehead atoms. The van der Waals surface area contributed by atoms with Gasteiger partial charge in [0.1, 0.15) is 12.0 Å². The van der Waals surface area contributed by atoms with E-state index in [0.717, 1.165) is 18.9 Å². The van der Waals surface area contributed by atoms with Gasteiger partial charge in [-0.25, -0.2) is 4.98 Å². The first-order valence-corrected chi connectivity index (χ1v) is 5.70. The highest BCUT2D eigenvalue weighted by atomic mass is 16.5. The van der Waals surface area contributed by atoms with Gasteiger partial charge in [-0.3, -0.25) is 0 Å². The van der Waals surface area contributed by atoms with E-state index in [0.29, 0.717) is 11.6 Å². The van der Waals surface area contributed by atoms with Crippen molar-refractivity contribution in [1.82, 2.24) is 9.97 Å². The quantitative estimate of drug-likeness (QED) is 0.838. The molecule has 1 fully saturated rings. The summed E-state index contributed by atoms with van der Waals surface area (Å²) < 4.78 is 5.54. The predicted molar refractivity (Wildman–Crippen MR) is 63.7 cm³/mol. The fourth-order valence-corrected chi connectivity index (χ4v) is 1.87. The molecule has 0 spiro atoms. The van der Waals surface area contributed by atoms with Crippen LogP contribution in [0.1, 0.15) is 26.7 Å². The molecule has 0 aliphatic carbocycles. The highest BCUT2D eigenvalue weighted by Gasteiger charge is 2.19. The number of ether oxygens (including phenoxy) is 1. The Labute approximate surface area is 95.6 Å². The Morgan fingerprint density at radius 1 is 1.31 bits per heavy atom. The topological polar surface area (TPSA) is 64.3 Å². The first kappa shape index (κ1) is 11.0. The summed E-state index contributed by atoms with van der Waals surface area (Å²) in [6, 6.07) is 0. The maximum atomic E-state index is 6.02. The van der Waals surface area contributed by atoms with Crippen molar-refractivity contribution in [2.24, 2.45) is 0 Å². The van der Waals surface area contributed by atoms with Crippen molar-refractivity contribution < 1.29 is 4.74 Å². The van der Waals surface area contributed by atoms with E-state index < -0.39 is 0 Å². The molecule has 2 N–H and O–H groups in total. The Morgan fingerprint density at radius 2 is 2.00 bits per heavy atom. The van der Waals surface area contributed by atoms with Gasteiger partial charge in [-0.2, -0.15) is 4.98 Å². The molecule has 0 aromatic carbocycles. The maximum Gasteiger partial charge on any atom is 0.242 e. The number of nitrogen functional groups attached to an aromatic ring is 1. The third-order valence-electron chi connectivity index (χ3n) is 2.58. The summed E-state index contributed by atoms with van der Waals surface area (Å²) in [7, 11) is 0. The molecule has 5 heteroatoms. The highest BCUT2D eigenvalue weighted by Crippen LogP contribution is 2.30. The normalized spacial score (nSPS) is 15.8. The zero-order valence-electron chi connectivity index (χ0n) is 9.81. The average Bonchev–Trinajstić information content (AvgIpc) is 2.73. The molecule has 88 valence electrons. The molecule has 1 aromatic rings. The van der Waals surface area contributed by atoms with Gasteiger partial charge in [0.2, 0.25) is 5.88 Å². The van der Waals surface area contributed by atoms with E-state index in [2.05, 4.69) is 14.9 Å². The van der Waals surface area contributed by atoms with Crippen LogP contribution >= 0.6 is 0 Å². The van der Waals surface area contributed by atoms with E-state index in [4.69, 9.17) is 10.5 Å². The van der Waals surface area contributed by atoms with E-state index >= 15 is 0 Å². The standard InChI is InChI=1S/C11H18N4O/c1-8(2)16-11-9(12)10(13-7-14-11)15-5-3-4-6-15/h7-8H,3-6,12H2,1-2H3. The summed E-state index contributed by atoms with van der Waals surface area (Å²) in [4.78, 5) is 10.5. The zero-order chi connectivity index (χ0) is 11.5. The summed E-state index contributed by atoms with van der Waals surface area (Å²) in [5.74, 6) is 1.30. The number of rotatable bonds is 3. The van der Waals surface area contributed by atoms with Gasteiger partial charge >= 0.3 is 0 Å². The molecule has 1 aliphatic rings. The molecule has 0 atom stereocenters. The van der Waals surface area contributed by atoms with Crippen molar-refractivity contribution in [3.05, 3.63) is 6.33 Å². The number of anilines is 2. The van der Waals surface area contributed by atoms with Crippen LogP contribution in [0.4, 0.5) is 11.5 Å². The van der Waals surface area contributed by atoms with Crippen LogP contribution in [0.3, 0.4) is 0 Å². The number of nitrogens with zero attached hydrogens (tertiary/aromatic N) is 3. The van der Waals surface area contributed by atoms with Gasteiger partial charge < -0.3 is 15.4 Å². The van der Waals surface area contributed by atoms with Crippen LogP contribution < -0.4 is 15.4 Å². The van der Waals surface area contributed by atoms with Crippen LogP contribution in [0, 0.1) is 0 Å². The average molecular weight is 222 g/mol. The van der Waals surface area contributed by atoms with Crippen molar-refractivity contribution in [3.63, 3.8) is 0 Å². The summed E-state index contributed by atoms with van der Waals surface area (Å²) in [5.41, 5.74) is 6.57. The Kier molecular flexibility index (Phi) is 3.12. The van der Waals surface area contributed by atoms with Gasteiger partial charge in [-0.05, 0) is 26.7 Å². The van der Waals surface area contributed by atoms with Gasteiger partial charge in [-0.1, -0.05) is 0 Å². The van der Waals surface area contributed by atoms with E-state index in [1.807, 2.05) is 13.8 Å². The van der Waals surface area contributed by atoms with Crippen molar-refractivity contribution >= 4 is 11.5 Å². The highest BCUT2D eigenvalue weighted by molar-refractivity contribution is 5.68. The van der Waals surface area contributed by atoms with E-state index in [9.17, 15) is 0 Å². The lowest BCUT2D eigenvalue weighted by Gasteiger charge is -2.19. The van der Waals surface area contributed by atoms with Gasteiger partial charge in [0.05, 0.1) is 6.10 Å². The lowest BCUT2D eigenvalue weighted by atomic mass is 10.4. The summed E-state index contributed by atoms with van der Waals surface area (Å²) >= 11 is 0. The third kappa shape index (κ3) is 2.18. The Morgan fingerprint density at radius 3 is 2.62 bits per heavy atom. The first-order chi connectivity index (χ1) is 7.68. The van der Waals surface area contributed by atoms with E-state index in [1.54, 1.807) is 0 Å². The Hall–Kier alpha value is -1.52. The second-order valence-corrected chi connectivity index (χ2v) is 4.28. The minimum absolute atomic E-state index is 0.0728. The van der Waals surface area contributed by atoms with Gasteiger partial charge in [-0.15, -0.1) is 0 Å². The van der Waals surface area contributed by atoms with Crippen molar-refractivity contribution in [2.75, 3.05) is 23.7 Å². The molecule has 0 saturated carbocycles. The zero-order valence-corrected chi connectivity index (χ0v) is 9.81. The number of aromatic nitrogens is 2. The lowest BCUT2D eigenvalue weighted by molar-refractivity contribution is 0.234. The minimum atomic E-state index is 0.0728. The number of hydrogen-bond donors (Lipinski definition) is 1. The second-order valence-electron chi connectivity index (χ2n) is 4.28. The molecular formula is C11H18N4O. The van der Waals surface area contributed by atoms with Crippen LogP contribution in [0.15, 0.2) is 6.33 Å². The number of hydrogen-bond acceptors (Lipinski definition) is 5. The molecule has 1 saturated heterocycles. The Balaban J connectivity index is 2.24. The molecule has 1 aliphatic heterocycles. The molecule has 5 nitrogen and oxygen atoms in total. The summed E-state index contributed by atoms with van der Waals surface area (Å²) in [6.45, 7) is 5.94. The molecule has 1 aromatic heterocycles. The molecule has 0 amide bonds. The van der Waals surface area contributed by atoms with Gasteiger partial charge in [0, 0.05) is 13.1 Å². The second kappa shape index (κ2) is 4.55. The van der Waals surface area contributed by atoms with Crippen LogP contribution in [-0.2, 0) is 0 Å². The maximum absolute atomic E-state index is 6.02. The largest absolute Gasteiger partial charge is 0.473 e. The van der Waals surface area contributed by atoms with Crippen molar-refractivity contribution in [3.8, 4) is 5.88 Å². The fourth-order valence-electron chi connectivity index (χ4n) is 1.87. The van der Waals surface area contributed by atoms with E-state index in [-0.39, 0.29) is 6.10 Å². The van der Waals surface area contributed by atoms with Crippen LogP contribution in [0.5, 0.6) is 5.88 Å². The van der Waals surface area contributed by atoms with Crippen LogP contribution in [-0.4, -0.2) is 29.2 Å². The fraction of sp³-hybridized carbons (Fsp3) is 0.636. The van der Waals surface area contributed by atoms with Crippen molar-refractivity contribution in [1.29, 1.82) is 0 Å². The first-order valence-electron chi connectivity index (χ1n) is 5.70. The predicted octanol–water partition coefficient (Wildman–Crippen LogP) is 1.45. The SMILES string of the molecule is CC(C)Oc1ncnc(N2CCCC2)c1N. The molecule has 2 heterocycles. The molecule has 16 heavy (non-hydrogen) atoms. The van der Waals surface area contributed by atoms with Crippen LogP contribution in [0.2, 0.25) is 0 Å².